The highest BCUT2D eigenvalue weighted by Crippen LogP contribution is 2.23. The van der Waals surface area contributed by atoms with Crippen molar-refractivity contribution in [2.75, 3.05) is 5.32 Å². The van der Waals surface area contributed by atoms with E-state index in [1.54, 1.807) is 19.1 Å². The van der Waals surface area contributed by atoms with Gasteiger partial charge in [0, 0.05) is 12.5 Å². The lowest BCUT2D eigenvalue weighted by atomic mass is 10.2. The van der Waals surface area contributed by atoms with Crippen LogP contribution in [0, 0.1) is 6.92 Å². The van der Waals surface area contributed by atoms with Crippen molar-refractivity contribution in [2.24, 2.45) is 5.73 Å². The number of rotatable bonds is 4. The van der Waals surface area contributed by atoms with Gasteiger partial charge >= 0.3 is 0 Å². The van der Waals surface area contributed by atoms with Crippen LogP contribution in [0.5, 0.6) is 0 Å². The van der Waals surface area contributed by atoms with Crippen LogP contribution >= 0.6 is 23.8 Å². The quantitative estimate of drug-likeness (QED) is 0.838. The van der Waals surface area contributed by atoms with E-state index in [0.29, 0.717) is 28.3 Å². The predicted molar refractivity (Wildman–Crippen MR) is 73.7 cm³/mol. The number of benzene rings is 1. The molecule has 1 heterocycles. The van der Waals surface area contributed by atoms with Crippen LogP contribution in [0.3, 0.4) is 0 Å². The number of nitrogens with zero attached hydrogens (tertiary/aromatic N) is 2. The van der Waals surface area contributed by atoms with E-state index >= 15 is 0 Å². The Morgan fingerprint density at radius 1 is 1.56 bits per heavy atom. The molecule has 0 aliphatic rings. The van der Waals surface area contributed by atoms with E-state index < -0.39 is 0 Å². The van der Waals surface area contributed by atoms with Gasteiger partial charge in [0.05, 0.1) is 17.3 Å². The predicted octanol–water partition coefficient (Wildman–Crippen LogP) is 2.28. The summed E-state index contributed by atoms with van der Waals surface area (Å²) < 4.78 is 4.87. The second-order valence-corrected chi connectivity index (χ2v) is 4.49. The molecular formula is C11H11ClN4OS. The number of hydrogen-bond donors (Lipinski definition) is 2. The number of halogens is 1. The van der Waals surface area contributed by atoms with Crippen LogP contribution in [0.2, 0.25) is 5.02 Å². The van der Waals surface area contributed by atoms with Gasteiger partial charge in [0.1, 0.15) is 4.99 Å². The Labute approximate surface area is 114 Å². The Hall–Kier alpha value is -1.66. The van der Waals surface area contributed by atoms with Crippen molar-refractivity contribution in [3.05, 3.63) is 40.5 Å². The molecule has 0 bridgehead atoms. The smallest absolute Gasteiger partial charge is 0.223 e. The summed E-state index contributed by atoms with van der Waals surface area (Å²) in [7, 11) is 0. The van der Waals surface area contributed by atoms with Gasteiger partial charge in [-0.15, -0.1) is 0 Å². The highest BCUT2D eigenvalue weighted by Gasteiger charge is 2.06. The van der Waals surface area contributed by atoms with Crippen molar-refractivity contribution in [1.82, 2.24) is 10.1 Å². The van der Waals surface area contributed by atoms with Crippen molar-refractivity contribution in [3.63, 3.8) is 0 Å². The van der Waals surface area contributed by atoms with Gasteiger partial charge in [-0.25, -0.2) is 0 Å². The normalized spacial score (nSPS) is 10.3. The average molecular weight is 283 g/mol. The van der Waals surface area contributed by atoms with E-state index in [2.05, 4.69) is 15.5 Å². The van der Waals surface area contributed by atoms with Gasteiger partial charge in [-0.1, -0.05) is 29.0 Å². The third-order valence-corrected chi connectivity index (χ3v) is 2.81. The van der Waals surface area contributed by atoms with Gasteiger partial charge in [0.2, 0.25) is 5.89 Å². The monoisotopic (exact) mass is 282 g/mol. The maximum Gasteiger partial charge on any atom is 0.223 e. The molecular weight excluding hydrogens is 272 g/mol. The first-order valence-electron chi connectivity index (χ1n) is 5.18. The van der Waals surface area contributed by atoms with Crippen LogP contribution in [0.15, 0.2) is 22.7 Å². The molecule has 0 atom stereocenters. The van der Waals surface area contributed by atoms with Crippen molar-refractivity contribution < 1.29 is 4.52 Å². The van der Waals surface area contributed by atoms with Crippen molar-refractivity contribution >= 4 is 34.5 Å². The Bertz CT molecular complexity index is 584. The highest BCUT2D eigenvalue weighted by atomic mass is 35.5. The maximum atomic E-state index is 6.10. The van der Waals surface area contributed by atoms with Gasteiger partial charge in [0.15, 0.2) is 5.82 Å². The lowest BCUT2D eigenvalue weighted by Crippen LogP contribution is -2.09. The maximum absolute atomic E-state index is 6.10. The topological polar surface area (TPSA) is 77.0 Å². The summed E-state index contributed by atoms with van der Waals surface area (Å²) in [4.78, 5) is 4.39. The molecule has 0 amide bonds. The second kappa shape index (κ2) is 5.32. The molecule has 18 heavy (non-hydrogen) atoms. The molecule has 0 saturated carbocycles. The average Bonchev–Trinajstić information content (AvgIpc) is 2.73. The molecule has 0 spiro atoms. The van der Waals surface area contributed by atoms with E-state index in [1.165, 1.54) is 0 Å². The standard InChI is InChI=1S/C11H11ClN4OS/c1-6-15-10(16-17-6)5-14-9-3-2-7(11(13)18)4-8(9)12/h2-4,14H,5H2,1H3,(H2,13,18). The number of anilines is 1. The Morgan fingerprint density at radius 3 is 2.89 bits per heavy atom. The summed E-state index contributed by atoms with van der Waals surface area (Å²) in [5.41, 5.74) is 7.02. The fourth-order valence-electron chi connectivity index (χ4n) is 1.40. The molecule has 1 aromatic carbocycles. The van der Waals surface area contributed by atoms with E-state index in [-0.39, 0.29) is 0 Å². The Morgan fingerprint density at radius 2 is 2.33 bits per heavy atom. The summed E-state index contributed by atoms with van der Waals surface area (Å²) in [6.45, 7) is 2.17. The van der Waals surface area contributed by atoms with Crippen molar-refractivity contribution in [3.8, 4) is 0 Å². The number of aryl methyl sites for hydroxylation is 1. The third kappa shape index (κ3) is 2.96. The van der Waals surface area contributed by atoms with Crippen LogP contribution in [0.4, 0.5) is 5.69 Å². The zero-order valence-electron chi connectivity index (χ0n) is 9.61. The molecule has 0 unspecified atom stereocenters. The van der Waals surface area contributed by atoms with E-state index in [9.17, 15) is 0 Å². The van der Waals surface area contributed by atoms with Crippen LogP contribution in [-0.2, 0) is 6.54 Å². The molecule has 0 aliphatic carbocycles. The van der Waals surface area contributed by atoms with Gasteiger partial charge in [-0.3, -0.25) is 0 Å². The number of hydrogen-bond acceptors (Lipinski definition) is 5. The zero-order chi connectivity index (χ0) is 13.1. The minimum absolute atomic E-state index is 0.317. The first-order valence-corrected chi connectivity index (χ1v) is 5.97. The minimum Gasteiger partial charge on any atom is -0.389 e. The molecule has 0 saturated heterocycles. The van der Waals surface area contributed by atoms with Gasteiger partial charge in [-0.05, 0) is 18.2 Å². The molecule has 94 valence electrons. The van der Waals surface area contributed by atoms with Crippen molar-refractivity contribution in [2.45, 2.75) is 13.5 Å². The summed E-state index contributed by atoms with van der Waals surface area (Å²) >= 11 is 11.0. The van der Waals surface area contributed by atoms with E-state index in [1.807, 2.05) is 6.07 Å². The van der Waals surface area contributed by atoms with Gasteiger partial charge in [0.25, 0.3) is 0 Å². The number of nitrogens with one attached hydrogen (secondary N) is 1. The van der Waals surface area contributed by atoms with Crippen LogP contribution in [-0.4, -0.2) is 15.1 Å². The first kappa shape index (κ1) is 12.8. The first-order chi connectivity index (χ1) is 8.56. The molecule has 7 heteroatoms. The molecule has 3 N–H and O–H groups in total. The molecule has 1 aromatic heterocycles. The van der Waals surface area contributed by atoms with E-state index in [4.69, 9.17) is 34.1 Å². The summed E-state index contributed by atoms with van der Waals surface area (Å²) in [6, 6.07) is 5.33. The van der Waals surface area contributed by atoms with Crippen LogP contribution < -0.4 is 11.1 Å². The lowest BCUT2D eigenvalue weighted by molar-refractivity contribution is 0.388. The largest absolute Gasteiger partial charge is 0.389 e. The number of thiocarbonyl (C=S) groups is 1. The molecule has 5 nitrogen and oxygen atoms in total. The highest BCUT2D eigenvalue weighted by molar-refractivity contribution is 7.80. The molecule has 0 aliphatic heterocycles. The number of aromatic nitrogens is 2. The van der Waals surface area contributed by atoms with Gasteiger partial charge < -0.3 is 15.6 Å². The molecule has 0 fully saturated rings. The molecule has 2 aromatic rings. The summed E-state index contributed by atoms with van der Waals surface area (Å²) in [5.74, 6) is 1.10. The minimum atomic E-state index is 0.317. The fourth-order valence-corrected chi connectivity index (χ4v) is 1.77. The van der Waals surface area contributed by atoms with E-state index in [0.717, 1.165) is 11.3 Å². The Balaban J connectivity index is 2.08. The molecule has 2 rings (SSSR count). The second-order valence-electron chi connectivity index (χ2n) is 3.64. The lowest BCUT2D eigenvalue weighted by Gasteiger charge is -2.07. The summed E-state index contributed by atoms with van der Waals surface area (Å²) in [6.07, 6.45) is 0. The Kier molecular flexibility index (Phi) is 3.78. The SMILES string of the molecule is Cc1nc(CNc2ccc(C(N)=S)cc2Cl)no1. The zero-order valence-corrected chi connectivity index (χ0v) is 11.2. The third-order valence-electron chi connectivity index (χ3n) is 2.26. The fraction of sp³-hybridized carbons (Fsp3) is 0.182. The molecule has 0 radical (unpaired) electrons. The van der Waals surface area contributed by atoms with Crippen molar-refractivity contribution in [1.29, 1.82) is 0 Å². The van der Waals surface area contributed by atoms with Crippen LogP contribution in [0.1, 0.15) is 17.3 Å². The van der Waals surface area contributed by atoms with Crippen LogP contribution in [0.25, 0.3) is 0 Å². The summed E-state index contributed by atoms with van der Waals surface area (Å²) in [5, 5.41) is 7.42. The van der Waals surface area contributed by atoms with Gasteiger partial charge in [-0.2, -0.15) is 4.98 Å². The number of nitrogens with two attached hydrogens (primary N) is 1.